The summed E-state index contributed by atoms with van der Waals surface area (Å²) in [5, 5.41) is 18.1. The maximum Gasteiger partial charge on any atom is 0.0991 e. The molecule has 0 aliphatic carbocycles. The summed E-state index contributed by atoms with van der Waals surface area (Å²) in [5.74, 6) is 0. The summed E-state index contributed by atoms with van der Waals surface area (Å²) >= 11 is 0. The summed E-state index contributed by atoms with van der Waals surface area (Å²) in [7, 11) is 0. The van der Waals surface area contributed by atoms with Crippen LogP contribution in [0.15, 0.2) is 24.3 Å². The topological polar surface area (TPSA) is 44.0 Å². The van der Waals surface area contributed by atoms with Crippen LogP contribution in [0.4, 0.5) is 0 Å². The van der Waals surface area contributed by atoms with E-state index in [0.29, 0.717) is 12.0 Å². The maximum absolute atomic E-state index is 9.50. The first-order chi connectivity index (χ1) is 6.51. The van der Waals surface area contributed by atoms with E-state index >= 15 is 0 Å². The molecule has 0 aliphatic rings. The van der Waals surface area contributed by atoms with Crippen molar-refractivity contribution in [1.82, 2.24) is 0 Å². The highest BCUT2D eigenvalue weighted by molar-refractivity contribution is 5.34. The van der Waals surface area contributed by atoms with Gasteiger partial charge in [-0.1, -0.05) is 12.1 Å². The third-order valence-electron chi connectivity index (χ3n) is 1.88. The molecule has 1 aromatic carbocycles. The molecule has 2 nitrogen and oxygen atoms in total. The summed E-state index contributed by atoms with van der Waals surface area (Å²) in [5.41, 5.74) is 1.02. The molecule has 0 unspecified atom stereocenters. The molecule has 0 fully saturated rings. The lowest BCUT2D eigenvalue weighted by atomic mass is 9.98. The minimum Gasteiger partial charge on any atom is -0.390 e. The Balaban J connectivity index is 2.58. The normalized spacial score (nSPS) is 11.0. The van der Waals surface area contributed by atoms with E-state index < -0.39 is 5.60 Å². The van der Waals surface area contributed by atoms with E-state index in [9.17, 15) is 5.11 Å². The van der Waals surface area contributed by atoms with Crippen LogP contribution in [0.3, 0.4) is 0 Å². The minimum absolute atomic E-state index is 0.610. The zero-order valence-electron chi connectivity index (χ0n) is 8.49. The number of rotatable bonds is 3. The molecule has 14 heavy (non-hydrogen) atoms. The molecule has 1 N–H and O–H groups in total. The molecule has 0 atom stereocenters. The van der Waals surface area contributed by atoms with Gasteiger partial charge in [-0.15, -0.1) is 0 Å². The Morgan fingerprint density at radius 1 is 1.36 bits per heavy atom. The predicted octanol–water partition coefficient (Wildman–Crippen LogP) is 2.27. The first-order valence-corrected chi connectivity index (χ1v) is 4.57. The van der Waals surface area contributed by atoms with Crippen molar-refractivity contribution >= 4 is 0 Å². The predicted molar refractivity (Wildman–Crippen MR) is 55.5 cm³/mol. The van der Waals surface area contributed by atoms with E-state index in [0.717, 1.165) is 5.56 Å². The Labute approximate surface area is 84.8 Å². The first kappa shape index (κ1) is 10.7. The lowest BCUT2D eigenvalue weighted by molar-refractivity contribution is 0.0807. The van der Waals surface area contributed by atoms with Crippen molar-refractivity contribution in [2.75, 3.05) is 0 Å². The molecule has 1 aromatic rings. The molecule has 2 heteroatoms. The van der Waals surface area contributed by atoms with Gasteiger partial charge in [0, 0.05) is 0 Å². The molecule has 0 amide bonds. The molecule has 0 spiro atoms. The van der Waals surface area contributed by atoms with Crippen molar-refractivity contribution in [1.29, 1.82) is 5.26 Å². The van der Waals surface area contributed by atoms with Gasteiger partial charge in [0.05, 0.1) is 17.2 Å². The Hall–Kier alpha value is -1.33. The third-order valence-corrected chi connectivity index (χ3v) is 1.88. The summed E-state index contributed by atoms with van der Waals surface area (Å²) < 4.78 is 0. The fourth-order valence-corrected chi connectivity index (χ4v) is 1.06. The number of nitriles is 1. The van der Waals surface area contributed by atoms with Crippen LogP contribution in [0.25, 0.3) is 0 Å². The van der Waals surface area contributed by atoms with Gasteiger partial charge in [0.1, 0.15) is 0 Å². The van der Waals surface area contributed by atoms with Gasteiger partial charge in [-0.05, 0) is 44.4 Å². The zero-order valence-corrected chi connectivity index (χ0v) is 8.49. The number of hydrogen-bond acceptors (Lipinski definition) is 2. The fraction of sp³-hybridized carbons (Fsp3) is 0.333. The Morgan fingerprint density at radius 2 is 1.93 bits per heavy atom. The van der Waals surface area contributed by atoms with Crippen molar-refractivity contribution in [3.63, 3.8) is 0 Å². The first-order valence-electron chi connectivity index (χ1n) is 4.57. The van der Waals surface area contributed by atoms with E-state index in [1.165, 1.54) is 0 Å². The van der Waals surface area contributed by atoms with Crippen LogP contribution in [0, 0.1) is 17.8 Å². The van der Waals surface area contributed by atoms with E-state index in [4.69, 9.17) is 5.26 Å². The van der Waals surface area contributed by atoms with Crippen molar-refractivity contribution in [3.05, 3.63) is 41.8 Å². The van der Waals surface area contributed by atoms with Crippen LogP contribution in [0.2, 0.25) is 0 Å². The average Bonchev–Trinajstić information content (AvgIpc) is 2.14. The van der Waals surface area contributed by atoms with Crippen LogP contribution < -0.4 is 0 Å². The van der Waals surface area contributed by atoms with Crippen LogP contribution in [-0.2, 0) is 0 Å². The minimum atomic E-state index is -0.673. The molecule has 73 valence electrons. The molecule has 0 aromatic heterocycles. The third kappa shape index (κ3) is 3.59. The SMILES string of the molecule is CC(C)(O)C[CH]c1ccc(C#N)cc1. The van der Waals surface area contributed by atoms with E-state index in [1.54, 1.807) is 26.0 Å². The molecule has 0 heterocycles. The van der Waals surface area contributed by atoms with Crippen LogP contribution in [-0.4, -0.2) is 10.7 Å². The second kappa shape index (κ2) is 4.26. The Bertz CT molecular complexity index is 327. The van der Waals surface area contributed by atoms with Gasteiger partial charge in [0.25, 0.3) is 0 Å². The molecule has 1 radical (unpaired) electrons. The van der Waals surface area contributed by atoms with E-state index in [1.807, 2.05) is 18.6 Å². The molecule has 0 saturated heterocycles. The van der Waals surface area contributed by atoms with Gasteiger partial charge in [-0.2, -0.15) is 5.26 Å². The van der Waals surface area contributed by atoms with Gasteiger partial charge in [0.15, 0.2) is 0 Å². The fourth-order valence-electron chi connectivity index (χ4n) is 1.06. The summed E-state index contributed by atoms with van der Waals surface area (Å²) in [4.78, 5) is 0. The smallest absolute Gasteiger partial charge is 0.0991 e. The molecule has 0 aliphatic heterocycles. The van der Waals surface area contributed by atoms with Gasteiger partial charge in [-0.25, -0.2) is 0 Å². The number of hydrogen-bond donors (Lipinski definition) is 1. The largest absolute Gasteiger partial charge is 0.390 e. The summed E-state index contributed by atoms with van der Waals surface area (Å²) in [6, 6.07) is 9.37. The standard InChI is InChI=1S/C12H14NO/c1-12(2,14)8-7-10-3-5-11(9-13)6-4-10/h3-7,14H,8H2,1-2H3. The Kier molecular flexibility index (Phi) is 3.27. The monoisotopic (exact) mass is 188 g/mol. The number of nitrogens with zero attached hydrogens (tertiary/aromatic N) is 1. The number of aliphatic hydroxyl groups is 1. The lowest BCUT2D eigenvalue weighted by Gasteiger charge is -2.16. The number of benzene rings is 1. The maximum atomic E-state index is 9.50. The highest BCUT2D eigenvalue weighted by atomic mass is 16.3. The van der Waals surface area contributed by atoms with Crippen molar-refractivity contribution < 1.29 is 5.11 Å². The lowest BCUT2D eigenvalue weighted by Crippen LogP contribution is -2.18. The quantitative estimate of drug-likeness (QED) is 0.790. The van der Waals surface area contributed by atoms with Gasteiger partial charge < -0.3 is 5.11 Å². The second-order valence-corrected chi connectivity index (χ2v) is 3.95. The second-order valence-electron chi connectivity index (χ2n) is 3.95. The van der Waals surface area contributed by atoms with E-state index in [2.05, 4.69) is 6.07 Å². The Morgan fingerprint density at radius 3 is 2.36 bits per heavy atom. The molecule has 1 rings (SSSR count). The van der Waals surface area contributed by atoms with Crippen molar-refractivity contribution in [2.24, 2.45) is 0 Å². The van der Waals surface area contributed by atoms with Crippen LogP contribution >= 0.6 is 0 Å². The van der Waals surface area contributed by atoms with Gasteiger partial charge in [0.2, 0.25) is 0 Å². The molecular weight excluding hydrogens is 174 g/mol. The van der Waals surface area contributed by atoms with Gasteiger partial charge in [-0.3, -0.25) is 0 Å². The summed E-state index contributed by atoms with van der Waals surface area (Å²) in [6.07, 6.45) is 2.57. The van der Waals surface area contributed by atoms with Crippen molar-refractivity contribution in [2.45, 2.75) is 25.9 Å². The summed E-state index contributed by atoms with van der Waals surface area (Å²) in [6.45, 7) is 3.54. The highest BCUT2D eigenvalue weighted by Crippen LogP contribution is 2.15. The van der Waals surface area contributed by atoms with Gasteiger partial charge >= 0.3 is 0 Å². The van der Waals surface area contributed by atoms with Crippen LogP contribution in [0.5, 0.6) is 0 Å². The van der Waals surface area contributed by atoms with Crippen molar-refractivity contribution in [3.8, 4) is 6.07 Å². The van der Waals surface area contributed by atoms with E-state index in [-0.39, 0.29) is 0 Å². The highest BCUT2D eigenvalue weighted by Gasteiger charge is 2.11. The molecular formula is C12H14NO. The van der Waals surface area contributed by atoms with Crippen LogP contribution in [0.1, 0.15) is 31.4 Å². The molecule has 0 saturated carbocycles. The molecule has 0 bridgehead atoms. The zero-order chi connectivity index (χ0) is 10.6. The average molecular weight is 188 g/mol.